The van der Waals surface area contributed by atoms with Crippen LogP contribution in [0.1, 0.15) is 6.42 Å². The Balaban J connectivity index is 1.60. The lowest BCUT2D eigenvalue weighted by Gasteiger charge is -2.37. The molecule has 1 fully saturated rings. The summed E-state index contributed by atoms with van der Waals surface area (Å²) < 4.78 is 5.34. The number of ether oxygens (including phenoxy) is 1. The summed E-state index contributed by atoms with van der Waals surface area (Å²) in [6.45, 7) is 2.68. The molecule has 0 unspecified atom stereocenters. The van der Waals surface area contributed by atoms with Crippen LogP contribution in [0.25, 0.3) is 0 Å². The van der Waals surface area contributed by atoms with Crippen LogP contribution in [0, 0.1) is 0 Å². The molecule has 4 rings (SSSR count). The fourth-order valence-electron chi connectivity index (χ4n) is 3.25. The van der Waals surface area contributed by atoms with Gasteiger partial charge in [0.15, 0.2) is 0 Å². The van der Waals surface area contributed by atoms with E-state index in [-0.39, 0.29) is 12.1 Å². The Bertz CT molecular complexity index is 716. The zero-order chi connectivity index (χ0) is 16.4. The maximum Gasteiger partial charge on any atom is 0.322 e. The molecule has 6 heteroatoms. The zero-order valence-corrected chi connectivity index (χ0v) is 13.4. The molecule has 1 N–H and O–H groups in total. The second kappa shape index (κ2) is 6.49. The summed E-state index contributed by atoms with van der Waals surface area (Å²) in [6.07, 6.45) is 4.49. The smallest absolute Gasteiger partial charge is 0.322 e. The summed E-state index contributed by atoms with van der Waals surface area (Å²) in [7, 11) is 0. The molecule has 24 heavy (non-hydrogen) atoms. The van der Waals surface area contributed by atoms with Gasteiger partial charge in [-0.25, -0.2) is 4.79 Å². The lowest BCUT2D eigenvalue weighted by molar-refractivity contribution is 0.189. The van der Waals surface area contributed by atoms with E-state index in [2.05, 4.69) is 15.2 Å². The fraction of sp³-hybridized carbons (Fsp3) is 0.333. The SMILES string of the molecule is O=C(N[C@@H]1CCOC1)N1CCN(c2cccnc2)c2ccccc21. The minimum atomic E-state index is -0.0520. The average molecular weight is 324 g/mol. The van der Waals surface area contributed by atoms with E-state index < -0.39 is 0 Å². The Kier molecular flexibility index (Phi) is 4.04. The molecule has 1 aromatic carbocycles. The third kappa shape index (κ3) is 2.80. The van der Waals surface area contributed by atoms with Crippen LogP contribution >= 0.6 is 0 Å². The van der Waals surface area contributed by atoms with Gasteiger partial charge in [-0.15, -0.1) is 0 Å². The van der Waals surface area contributed by atoms with Crippen LogP contribution in [0.4, 0.5) is 21.9 Å². The number of carbonyl (C=O) groups is 1. The van der Waals surface area contributed by atoms with Gasteiger partial charge in [0, 0.05) is 25.9 Å². The monoisotopic (exact) mass is 324 g/mol. The third-order valence-electron chi connectivity index (χ3n) is 4.47. The Morgan fingerprint density at radius 1 is 1.17 bits per heavy atom. The van der Waals surface area contributed by atoms with Crippen LogP contribution in [0.5, 0.6) is 0 Å². The molecule has 1 atom stereocenters. The number of hydrogen-bond donors (Lipinski definition) is 1. The number of carbonyl (C=O) groups excluding carboxylic acids is 1. The Labute approximate surface area is 141 Å². The van der Waals surface area contributed by atoms with Gasteiger partial charge in [-0.05, 0) is 30.7 Å². The van der Waals surface area contributed by atoms with Gasteiger partial charge in [0.2, 0.25) is 0 Å². The highest BCUT2D eigenvalue weighted by atomic mass is 16.5. The van der Waals surface area contributed by atoms with Crippen molar-refractivity contribution in [2.45, 2.75) is 12.5 Å². The molecule has 1 aromatic heterocycles. The lowest BCUT2D eigenvalue weighted by atomic mass is 10.1. The Hall–Kier alpha value is -2.60. The van der Waals surface area contributed by atoms with Gasteiger partial charge < -0.3 is 15.0 Å². The molecular formula is C18H20N4O2. The molecule has 0 saturated carbocycles. The fourth-order valence-corrected chi connectivity index (χ4v) is 3.25. The van der Waals surface area contributed by atoms with Crippen molar-refractivity contribution in [1.29, 1.82) is 0 Å². The number of nitrogens with one attached hydrogen (secondary N) is 1. The molecule has 124 valence electrons. The zero-order valence-electron chi connectivity index (χ0n) is 13.4. The highest BCUT2D eigenvalue weighted by Gasteiger charge is 2.29. The van der Waals surface area contributed by atoms with Crippen molar-refractivity contribution in [3.05, 3.63) is 48.8 Å². The summed E-state index contributed by atoms with van der Waals surface area (Å²) in [4.78, 5) is 20.9. The first-order chi connectivity index (χ1) is 11.8. The molecule has 2 aliphatic rings. The molecule has 2 aliphatic heterocycles. The van der Waals surface area contributed by atoms with E-state index in [0.717, 1.165) is 36.6 Å². The standard InChI is InChI=1S/C18H20N4O2/c23-18(20-14-7-11-24-13-14)22-10-9-21(15-4-3-8-19-12-15)16-5-1-2-6-17(16)22/h1-6,8,12,14H,7,9-11,13H2,(H,20,23)/t14-/m1/s1. The van der Waals surface area contributed by atoms with Gasteiger partial charge in [-0.3, -0.25) is 9.88 Å². The minimum Gasteiger partial charge on any atom is -0.379 e. The number of fused-ring (bicyclic) bond motifs is 1. The van der Waals surface area contributed by atoms with Crippen molar-refractivity contribution in [3.63, 3.8) is 0 Å². The van der Waals surface area contributed by atoms with Gasteiger partial charge in [0.1, 0.15) is 0 Å². The van der Waals surface area contributed by atoms with Gasteiger partial charge in [-0.1, -0.05) is 12.1 Å². The number of urea groups is 1. The summed E-state index contributed by atoms with van der Waals surface area (Å²) in [5.41, 5.74) is 2.98. The normalized spacial score (nSPS) is 19.9. The molecule has 2 amide bonds. The number of anilines is 3. The Morgan fingerprint density at radius 3 is 2.79 bits per heavy atom. The predicted molar refractivity (Wildman–Crippen MR) is 92.8 cm³/mol. The maximum absolute atomic E-state index is 12.7. The van der Waals surface area contributed by atoms with Crippen molar-refractivity contribution in [1.82, 2.24) is 10.3 Å². The van der Waals surface area contributed by atoms with E-state index in [1.165, 1.54) is 0 Å². The number of rotatable bonds is 2. The number of aromatic nitrogens is 1. The number of nitrogens with zero attached hydrogens (tertiary/aromatic N) is 3. The molecule has 0 radical (unpaired) electrons. The van der Waals surface area contributed by atoms with Crippen LogP contribution in [-0.4, -0.2) is 43.4 Å². The molecule has 1 saturated heterocycles. The molecule has 2 aromatic rings. The van der Waals surface area contributed by atoms with E-state index >= 15 is 0 Å². The van der Waals surface area contributed by atoms with E-state index in [1.807, 2.05) is 47.5 Å². The Morgan fingerprint density at radius 2 is 2.04 bits per heavy atom. The first-order valence-electron chi connectivity index (χ1n) is 8.25. The van der Waals surface area contributed by atoms with Gasteiger partial charge >= 0.3 is 6.03 Å². The van der Waals surface area contributed by atoms with Crippen molar-refractivity contribution in [3.8, 4) is 0 Å². The first-order valence-corrected chi connectivity index (χ1v) is 8.25. The first kappa shape index (κ1) is 15.0. The van der Waals surface area contributed by atoms with Gasteiger partial charge in [0.25, 0.3) is 0 Å². The third-order valence-corrected chi connectivity index (χ3v) is 4.47. The van der Waals surface area contributed by atoms with Crippen molar-refractivity contribution in [2.75, 3.05) is 36.1 Å². The molecule has 3 heterocycles. The highest BCUT2D eigenvalue weighted by Crippen LogP contribution is 2.37. The van der Waals surface area contributed by atoms with Crippen LogP contribution in [0.2, 0.25) is 0 Å². The summed E-state index contributed by atoms with van der Waals surface area (Å²) in [5, 5.41) is 3.08. The minimum absolute atomic E-state index is 0.0520. The van der Waals surface area contributed by atoms with E-state index in [9.17, 15) is 4.79 Å². The second-order valence-electron chi connectivity index (χ2n) is 6.01. The van der Waals surface area contributed by atoms with E-state index in [4.69, 9.17) is 4.74 Å². The molecule has 0 spiro atoms. The maximum atomic E-state index is 12.7. The van der Waals surface area contributed by atoms with Gasteiger partial charge in [0.05, 0.1) is 35.9 Å². The molecule has 0 bridgehead atoms. The largest absolute Gasteiger partial charge is 0.379 e. The van der Waals surface area contributed by atoms with Crippen LogP contribution in [0.15, 0.2) is 48.8 Å². The highest BCUT2D eigenvalue weighted by molar-refractivity contribution is 5.98. The number of para-hydroxylation sites is 2. The molecule has 0 aliphatic carbocycles. The number of pyridine rings is 1. The number of hydrogen-bond acceptors (Lipinski definition) is 4. The average Bonchev–Trinajstić information content (AvgIpc) is 3.14. The van der Waals surface area contributed by atoms with Crippen molar-refractivity contribution in [2.24, 2.45) is 0 Å². The van der Waals surface area contributed by atoms with Crippen LogP contribution in [-0.2, 0) is 4.74 Å². The van der Waals surface area contributed by atoms with E-state index in [1.54, 1.807) is 6.20 Å². The van der Waals surface area contributed by atoms with Crippen LogP contribution in [0.3, 0.4) is 0 Å². The second-order valence-corrected chi connectivity index (χ2v) is 6.01. The summed E-state index contributed by atoms with van der Waals surface area (Å²) in [5.74, 6) is 0. The topological polar surface area (TPSA) is 57.7 Å². The van der Waals surface area contributed by atoms with Crippen molar-refractivity contribution < 1.29 is 9.53 Å². The van der Waals surface area contributed by atoms with Gasteiger partial charge in [-0.2, -0.15) is 0 Å². The van der Waals surface area contributed by atoms with E-state index in [0.29, 0.717) is 13.2 Å². The van der Waals surface area contributed by atoms with Crippen molar-refractivity contribution >= 4 is 23.1 Å². The molecular weight excluding hydrogens is 304 g/mol. The van der Waals surface area contributed by atoms with Crippen LogP contribution < -0.4 is 15.1 Å². The predicted octanol–water partition coefficient (Wildman–Crippen LogP) is 2.54. The summed E-state index contributed by atoms with van der Waals surface area (Å²) in [6, 6.07) is 12.0. The summed E-state index contributed by atoms with van der Waals surface area (Å²) >= 11 is 0. The number of amides is 2. The quantitative estimate of drug-likeness (QED) is 0.922. The number of benzene rings is 1. The molecule has 6 nitrogen and oxygen atoms in total. The lowest BCUT2D eigenvalue weighted by Crippen LogP contribution is -2.50.